The van der Waals surface area contributed by atoms with Crippen molar-refractivity contribution >= 4 is 11.0 Å². The third-order valence-corrected chi connectivity index (χ3v) is 5.13. The van der Waals surface area contributed by atoms with Gasteiger partial charge < -0.3 is 15.0 Å². The van der Waals surface area contributed by atoms with E-state index in [0.717, 1.165) is 51.2 Å². The summed E-state index contributed by atoms with van der Waals surface area (Å²) in [5.74, 6) is 1.54. The molecule has 0 aliphatic carbocycles. The lowest BCUT2D eigenvalue weighted by Crippen LogP contribution is -2.22. The number of rotatable bonds is 3. The molecule has 2 aliphatic heterocycles. The summed E-state index contributed by atoms with van der Waals surface area (Å²) in [7, 11) is 0. The van der Waals surface area contributed by atoms with Crippen LogP contribution in [0.15, 0.2) is 11.0 Å². The summed E-state index contributed by atoms with van der Waals surface area (Å²) in [6.45, 7) is 4.77. The Kier molecular flexibility index (Phi) is 3.90. The molecule has 0 spiro atoms. The molecule has 2 fully saturated rings. The van der Waals surface area contributed by atoms with Gasteiger partial charge in [-0.1, -0.05) is 13.3 Å². The third kappa shape index (κ3) is 2.57. The Bertz CT molecular complexity index is 746. The number of fused-ring (bicyclic) bond motifs is 1. The van der Waals surface area contributed by atoms with Gasteiger partial charge in [0.2, 0.25) is 0 Å². The summed E-state index contributed by atoms with van der Waals surface area (Å²) in [5.41, 5.74) is 0.547. The van der Waals surface area contributed by atoms with Gasteiger partial charge in [0.05, 0.1) is 6.20 Å². The highest BCUT2D eigenvalue weighted by Crippen LogP contribution is 2.29. The molecule has 0 aromatic carbocycles. The second-order valence-corrected chi connectivity index (χ2v) is 6.53. The molecule has 4 rings (SSSR count). The Morgan fingerprint density at radius 1 is 1.39 bits per heavy atom. The molecule has 1 unspecified atom stereocenters. The maximum absolute atomic E-state index is 12.4. The monoisotopic (exact) mass is 317 g/mol. The normalized spacial score (nSPS) is 28.5. The summed E-state index contributed by atoms with van der Waals surface area (Å²) in [6, 6.07) is 0. The molecule has 0 saturated carbocycles. The van der Waals surface area contributed by atoms with Crippen molar-refractivity contribution in [1.29, 1.82) is 0 Å². The van der Waals surface area contributed by atoms with Crippen LogP contribution >= 0.6 is 0 Å². The first-order valence-corrected chi connectivity index (χ1v) is 8.57. The average molecular weight is 317 g/mol. The number of hydrogen-bond donors (Lipinski definition) is 2. The minimum absolute atomic E-state index is 0.103. The van der Waals surface area contributed by atoms with Gasteiger partial charge in [-0.25, -0.2) is 9.67 Å². The lowest BCUT2D eigenvalue weighted by molar-refractivity contribution is -0.0370. The largest absolute Gasteiger partial charge is 0.356 e. The van der Waals surface area contributed by atoms with Crippen molar-refractivity contribution in [2.45, 2.75) is 44.8 Å². The van der Waals surface area contributed by atoms with Crippen molar-refractivity contribution < 1.29 is 4.74 Å². The van der Waals surface area contributed by atoms with E-state index >= 15 is 0 Å². The molecule has 2 aromatic rings. The molecule has 7 nitrogen and oxygen atoms in total. The molecule has 2 aromatic heterocycles. The van der Waals surface area contributed by atoms with Crippen LogP contribution in [0, 0.1) is 5.92 Å². The number of ether oxygens (including phenoxy) is 1. The lowest BCUT2D eigenvalue weighted by Gasteiger charge is -2.23. The van der Waals surface area contributed by atoms with E-state index in [-0.39, 0.29) is 17.7 Å². The second kappa shape index (κ2) is 6.05. The Labute approximate surface area is 134 Å². The van der Waals surface area contributed by atoms with Crippen molar-refractivity contribution in [3.05, 3.63) is 22.4 Å². The van der Waals surface area contributed by atoms with E-state index < -0.39 is 0 Å². The van der Waals surface area contributed by atoms with Crippen LogP contribution in [0.3, 0.4) is 0 Å². The molecule has 0 radical (unpaired) electrons. The first kappa shape index (κ1) is 14.8. The van der Waals surface area contributed by atoms with Gasteiger partial charge in [-0.05, 0) is 31.7 Å². The van der Waals surface area contributed by atoms with E-state index in [4.69, 9.17) is 9.72 Å². The molecule has 2 N–H and O–H groups in total. The van der Waals surface area contributed by atoms with Crippen molar-refractivity contribution in [1.82, 2.24) is 25.1 Å². The van der Waals surface area contributed by atoms with Gasteiger partial charge in [0.1, 0.15) is 11.2 Å². The zero-order chi connectivity index (χ0) is 15.8. The molecular formula is C16H23N5O2. The van der Waals surface area contributed by atoms with Crippen LogP contribution in [-0.4, -0.2) is 39.4 Å². The minimum atomic E-state index is -0.105. The van der Waals surface area contributed by atoms with Crippen LogP contribution in [0.4, 0.5) is 0 Å². The van der Waals surface area contributed by atoms with Crippen molar-refractivity contribution in [2.24, 2.45) is 5.92 Å². The summed E-state index contributed by atoms with van der Waals surface area (Å²) >= 11 is 0. The van der Waals surface area contributed by atoms with Crippen LogP contribution in [0.5, 0.6) is 0 Å². The Morgan fingerprint density at radius 2 is 2.30 bits per heavy atom. The third-order valence-electron chi connectivity index (χ3n) is 5.13. The Morgan fingerprint density at radius 3 is 3.09 bits per heavy atom. The van der Waals surface area contributed by atoms with Gasteiger partial charge >= 0.3 is 0 Å². The van der Waals surface area contributed by atoms with Gasteiger partial charge in [-0.3, -0.25) is 4.79 Å². The van der Waals surface area contributed by atoms with Crippen molar-refractivity contribution in [3.8, 4) is 0 Å². The second-order valence-electron chi connectivity index (χ2n) is 6.53. The fraction of sp³-hybridized carbons (Fsp3) is 0.688. The van der Waals surface area contributed by atoms with Crippen molar-refractivity contribution in [3.63, 3.8) is 0 Å². The van der Waals surface area contributed by atoms with E-state index in [1.54, 1.807) is 10.9 Å². The Hall–Kier alpha value is -1.73. The predicted octanol–water partition coefficient (Wildman–Crippen LogP) is 1.53. The van der Waals surface area contributed by atoms with Crippen molar-refractivity contribution in [2.75, 3.05) is 19.7 Å². The van der Waals surface area contributed by atoms with Crippen LogP contribution in [0.25, 0.3) is 11.0 Å². The highest BCUT2D eigenvalue weighted by molar-refractivity contribution is 5.73. The fourth-order valence-corrected chi connectivity index (χ4v) is 3.74. The predicted molar refractivity (Wildman–Crippen MR) is 86.4 cm³/mol. The van der Waals surface area contributed by atoms with Crippen LogP contribution in [-0.2, 0) is 4.74 Å². The van der Waals surface area contributed by atoms with E-state index in [1.807, 2.05) is 0 Å². The molecular weight excluding hydrogens is 294 g/mol. The number of nitrogens with one attached hydrogen (secondary N) is 2. The average Bonchev–Trinajstić information content (AvgIpc) is 3.22. The zero-order valence-electron chi connectivity index (χ0n) is 13.4. The van der Waals surface area contributed by atoms with Gasteiger partial charge in [0.15, 0.2) is 11.9 Å². The molecule has 0 amide bonds. The number of aromatic amines is 1. The molecule has 124 valence electrons. The number of hydrogen-bond acceptors (Lipinski definition) is 5. The van der Waals surface area contributed by atoms with Gasteiger partial charge in [0.25, 0.3) is 5.56 Å². The maximum Gasteiger partial charge on any atom is 0.262 e. The minimum Gasteiger partial charge on any atom is -0.356 e. The highest BCUT2D eigenvalue weighted by Gasteiger charge is 2.30. The number of H-pyrrole nitrogens is 1. The topological polar surface area (TPSA) is 84.8 Å². The van der Waals surface area contributed by atoms with E-state index in [0.29, 0.717) is 17.0 Å². The quantitative estimate of drug-likeness (QED) is 0.897. The highest BCUT2D eigenvalue weighted by atomic mass is 16.5. The molecule has 7 heteroatoms. The van der Waals surface area contributed by atoms with Crippen LogP contribution in [0.2, 0.25) is 0 Å². The molecule has 4 heterocycles. The number of nitrogens with zero attached hydrogens (tertiary/aromatic N) is 3. The first-order valence-electron chi connectivity index (χ1n) is 8.57. The van der Waals surface area contributed by atoms with E-state index in [9.17, 15) is 4.79 Å². The van der Waals surface area contributed by atoms with Crippen LogP contribution in [0.1, 0.15) is 50.6 Å². The molecule has 3 atom stereocenters. The molecule has 23 heavy (non-hydrogen) atoms. The van der Waals surface area contributed by atoms with E-state index in [2.05, 4.69) is 22.3 Å². The molecule has 2 aliphatic rings. The first-order chi connectivity index (χ1) is 11.3. The van der Waals surface area contributed by atoms with E-state index in [1.165, 1.54) is 0 Å². The maximum atomic E-state index is 12.4. The van der Waals surface area contributed by atoms with Gasteiger partial charge in [-0.2, -0.15) is 5.10 Å². The smallest absolute Gasteiger partial charge is 0.262 e. The summed E-state index contributed by atoms with van der Waals surface area (Å²) in [6.07, 6.45) is 5.70. The van der Waals surface area contributed by atoms with Gasteiger partial charge in [-0.15, -0.1) is 0 Å². The van der Waals surface area contributed by atoms with Gasteiger partial charge in [0, 0.05) is 19.1 Å². The Balaban J connectivity index is 1.77. The fourth-order valence-electron chi connectivity index (χ4n) is 3.74. The summed E-state index contributed by atoms with van der Waals surface area (Å²) < 4.78 is 7.60. The molecule has 2 saturated heterocycles. The molecule has 0 bridgehead atoms. The SMILES string of the molecule is CC[C@@H]1CNC[C@H]1c1nc2c(cnn2C2CCCCO2)c(=O)[nH]1. The summed E-state index contributed by atoms with van der Waals surface area (Å²) in [4.78, 5) is 20.2. The number of aromatic nitrogens is 4. The van der Waals surface area contributed by atoms with Crippen LogP contribution < -0.4 is 10.9 Å². The zero-order valence-corrected chi connectivity index (χ0v) is 13.4. The standard InChI is InChI=1S/C16H23N5O2/c1-2-10-7-17-8-11(10)14-19-15-12(16(22)20-14)9-18-21(15)13-5-3-4-6-23-13/h9-11,13,17H,2-8H2,1H3,(H,19,20,22)/t10-,11-,13?/m1/s1. The lowest BCUT2D eigenvalue weighted by atomic mass is 9.93. The summed E-state index contributed by atoms with van der Waals surface area (Å²) in [5, 5.41) is 8.33.